The zero-order valence-corrected chi connectivity index (χ0v) is 21.2. The van der Waals surface area contributed by atoms with E-state index in [2.05, 4.69) is 50.8 Å². The molecule has 0 aromatic heterocycles. The second-order valence-corrected chi connectivity index (χ2v) is 12.3. The first-order valence-electron chi connectivity index (χ1n) is 10.6. The lowest BCUT2D eigenvalue weighted by molar-refractivity contribution is -0.175. The van der Waals surface area contributed by atoms with Gasteiger partial charge in [-0.3, -0.25) is 4.79 Å². The molecule has 0 saturated carbocycles. The van der Waals surface area contributed by atoms with Gasteiger partial charge in [-0.1, -0.05) is 41.0 Å². The van der Waals surface area contributed by atoms with Crippen LogP contribution in [0.3, 0.4) is 0 Å². The molecule has 0 saturated heterocycles. The van der Waals surface area contributed by atoms with Crippen LogP contribution in [0.25, 0.3) is 0 Å². The molecule has 0 spiro atoms. The largest absolute Gasteiger partial charge is 0.459 e. The number of esters is 1. The SMILES string of the molecule is CCCC(C)(C)CC(C)(C(=O)OC(C)(C)CCOC(C)(C)C)C(C)(P)CC. The molecule has 0 aromatic carbocycles. The van der Waals surface area contributed by atoms with E-state index in [4.69, 9.17) is 9.47 Å². The van der Waals surface area contributed by atoms with Crippen LogP contribution in [-0.2, 0) is 14.3 Å². The highest BCUT2D eigenvalue weighted by molar-refractivity contribution is 7.19. The molecule has 162 valence electrons. The number of hydrogen-bond acceptors (Lipinski definition) is 3. The summed E-state index contributed by atoms with van der Waals surface area (Å²) in [6, 6.07) is 0. The molecule has 0 radical (unpaired) electrons. The van der Waals surface area contributed by atoms with E-state index in [-0.39, 0.29) is 22.1 Å². The van der Waals surface area contributed by atoms with Gasteiger partial charge in [-0.2, -0.15) is 0 Å². The molecule has 3 unspecified atom stereocenters. The standard InChI is InChI=1S/C23H47O3P/c1-12-14-20(6,7)17-22(10,23(11,27)13-2)18(24)26-21(8,9)15-16-25-19(3,4)5/h12-17,27H2,1-11H3. The third-order valence-corrected chi connectivity index (χ3v) is 6.86. The van der Waals surface area contributed by atoms with Gasteiger partial charge in [0.05, 0.1) is 17.6 Å². The third-order valence-electron chi connectivity index (χ3n) is 5.81. The lowest BCUT2D eigenvalue weighted by Crippen LogP contribution is -2.50. The summed E-state index contributed by atoms with van der Waals surface area (Å²) in [5.74, 6) is -0.0909. The van der Waals surface area contributed by atoms with Crippen LogP contribution in [-0.4, -0.2) is 28.9 Å². The average Bonchev–Trinajstić information content (AvgIpc) is 2.43. The van der Waals surface area contributed by atoms with E-state index in [1.165, 1.54) is 0 Å². The number of ether oxygens (including phenoxy) is 2. The molecule has 0 amide bonds. The molecule has 0 aliphatic carbocycles. The zero-order chi connectivity index (χ0) is 21.7. The fourth-order valence-electron chi connectivity index (χ4n) is 3.64. The minimum absolute atomic E-state index is 0.0909. The van der Waals surface area contributed by atoms with Gasteiger partial charge in [0.15, 0.2) is 0 Å². The quantitative estimate of drug-likeness (QED) is 0.282. The Bertz CT molecular complexity index is 475. The van der Waals surface area contributed by atoms with Crippen molar-refractivity contribution in [1.82, 2.24) is 0 Å². The lowest BCUT2D eigenvalue weighted by atomic mass is 9.65. The Kier molecular flexibility index (Phi) is 9.52. The van der Waals surface area contributed by atoms with Crippen molar-refractivity contribution in [3.05, 3.63) is 0 Å². The van der Waals surface area contributed by atoms with E-state index in [0.29, 0.717) is 13.0 Å². The molecule has 0 bridgehead atoms. The molecule has 3 atom stereocenters. The predicted molar refractivity (Wildman–Crippen MR) is 120 cm³/mol. The summed E-state index contributed by atoms with van der Waals surface area (Å²) in [6.45, 7) is 23.8. The highest BCUT2D eigenvalue weighted by Gasteiger charge is 2.51. The first-order chi connectivity index (χ1) is 11.9. The van der Waals surface area contributed by atoms with Gasteiger partial charge in [0.25, 0.3) is 0 Å². The van der Waals surface area contributed by atoms with Gasteiger partial charge >= 0.3 is 5.97 Å². The molecule has 27 heavy (non-hydrogen) atoms. The van der Waals surface area contributed by atoms with Gasteiger partial charge in [-0.05, 0) is 71.4 Å². The molecule has 0 aliphatic rings. The van der Waals surface area contributed by atoms with Crippen molar-refractivity contribution < 1.29 is 14.3 Å². The maximum atomic E-state index is 13.5. The molecule has 0 aromatic rings. The molecule has 0 rings (SSSR count). The first-order valence-corrected chi connectivity index (χ1v) is 11.2. The minimum atomic E-state index is -0.562. The highest BCUT2D eigenvalue weighted by Crippen LogP contribution is 2.50. The molecular weight excluding hydrogens is 355 g/mol. The van der Waals surface area contributed by atoms with Crippen molar-refractivity contribution in [2.45, 2.75) is 125 Å². The Morgan fingerprint density at radius 2 is 1.41 bits per heavy atom. The molecule has 0 N–H and O–H groups in total. The first kappa shape index (κ1) is 26.9. The van der Waals surface area contributed by atoms with Gasteiger partial charge in [0, 0.05) is 6.42 Å². The van der Waals surface area contributed by atoms with Crippen LogP contribution >= 0.6 is 9.24 Å². The van der Waals surface area contributed by atoms with E-state index >= 15 is 0 Å². The fourth-order valence-corrected chi connectivity index (χ4v) is 3.86. The Balaban J connectivity index is 5.41. The van der Waals surface area contributed by atoms with Crippen LogP contribution in [0, 0.1) is 10.8 Å². The predicted octanol–water partition coefficient (Wildman–Crippen LogP) is 6.78. The number of carbonyl (C=O) groups is 1. The summed E-state index contributed by atoms with van der Waals surface area (Å²) in [5, 5.41) is -0.215. The second kappa shape index (κ2) is 9.57. The Hall–Kier alpha value is -0.140. The molecule has 4 heteroatoms. The van der Waals surface area contributed by atoms with E-state index in [0.717, 1.165) is 25.7 Å². The number of hydrogen-bond donors (Lipinski definition) is 0. The molecule has 0 aliphatic heterocycles. The van der Waals surface area contributed by atoms with Crippen LogP contribution in [0.5, 0.6) is 0 Å². The summed E-state index contributed by atoms with van der Waals surface area (Å²) in [5.41, 5.74) is -1.20. The van der Waals surface area contributed by atoms with Gasteiger partial charge in [0.1, 0.15) is 5.60 Å². The third kappa shape index (κ3) is 8.82. The monoisotopic (exact) mass is 402 g/mol. The highest BCUT2D eigenvalue weighted by atomic mass is 31.0. The van der Waals surface area contributed by atoms with E-state index in [1.807, 2.05) is 34.6 Å². The summed E-state index contributed by atoms with van der Waals surface area (Å²) < 4.78 is 11.9. The van der Waals surface area contributed by atoms with Crippen LogP contribution < -0.4 is 0 Å². The summed E-state index contributed by atoms with van der Waals surface area (Å²) in [4.78, 5) is 13.5. The van der Waals surface area contributed by atoms with Crippen LogP contribution in [0.15, 0.2) is 0 Å². The zero-order valence-electron chi connectivity index (χ0n) is 20.0. The normalized spacial score (nSPS) is 17.9. The van der Waals surface area contributed by atoms with Crippen molar-refractivity contribution >= 4 is 15.2 Å². The van der Waals surface area contributed by atoms with E-state index < -0.39 is 11.0 Å². The molecule has 0 heterocycles. The van der Waals surface area contributed by atoms with Gasteiger partial charge < -0.3 is 9.47 Å². The van der Waals surface area contributed by atoms with Gasteiger partial charge in [-0.15, -0.1) is 9.24 Å². The molecule has 0 fully saturated rings. The van der Waals surface area contributed by atoms with E-state index in [1.54, 1.807) is 0 Å². The van der Waals surface area contributed by atoms with Crippen LogP contribution in [0.2, 0.25) is 0 Å². The number of rotatable bonds is 11. The van der Waals surface area contributed by atoms with E-state index in [9.17, 15) is 4.79 Å². The topological polar surface area (TPSA) is 35.5 Å². The second-order valence-electron chi connectivity index (χ2n) is 11.1. The van der Waals surface area contributed by atoms with Crippen molar-refractivity contribution in [2.24, 2.45) is 10.8 Å². The molecular formula is C23H47O3P. The summed E-state index contributed by atoms with van der Waals surface area (Å²) in [7, 11) is 2.94. The van der Waals surface area contributed by atoms with Crippen LogP contribution in [0.1, 0.15) is 108 Å². The Morgan fingerprint density at radius 1 is 0.889 bits per heavy atom. The van der Waals surface area contributed by atoms with Crippen molar-refractivity contribution in [3.63, 3.8) is 0 Å². The maximum absolute atomic E-state index is 13.5. The fraction of sp³-hybridized carbons (Fsp3) is 0.957. The summed E-state index contributed by atoms with van der Waals surface area (Å²) in [6.07, 6.45) is 4.62. The van der Waals surface area contributed by atoms with Crippen molar-refractivity contribution in [1.29, 1.82) is 0 Å². The van der Waals surface area contributed by atoms with Crippen molar-refractivity contribution in [3.8, 4) is 0 Å². The van der Waals surface area contributed by atoms with Crippen molar-refractivity contribution in [2.75, 3.05) is 6.61 Å². The lowest BCUT2D eigenvalue weighted by Gasteiger charge is -2.47. The Morgan fingerprint density at radius 3 is 1.81 bits per heavy atom. The van der Waals surface area contributed by atoms with Crippen LogP contribution in [0.4, 0.5) is 0 Å². The van der Waals surface area contributed by atoms with Gasteiger partial charge in [-0.25, -0.2) is 0 Å². The smallest absolute Gasteiger partial charge is 0.313 e. The average molecular weight is 403 g/mol. The number of carbonyl (C=O) groups excluding carboxylic acids is 1. The van der Waals surface area contributed by atoms with Gasteiger partial charge in [0.2, 0.25) is 0 Å². The minimum Gasteiger partial charge on any atom is -0.459 e. The summed E-state index contributed by atoms with van der Waals surface area (Å²) >= 11 is 0. The maximum Gasteiger partial charge on any atom is 0.313 e. The Labute approximate surface area is 171 Å². The molecule has 3 nitrogen and oxygen atoms in total.